The molecule has 0 aromatic rings. The van der Waals surface area contributed by atoms with Crippen LogP contribution in [-0.2, 0) is 4.79 Å². The average molecular weight is 203 g/mol. The molecule has 0 aromatic heterocycles. The third-order valence-corrected chi connectivity index (χ3v) is 4.45. The van der Waals surface area contributed by atoms with Gasteiger partial charge in [-0.1, -0.05) is 5.92 Å². The summed E-state index contributed by atoms with van der Waals surface area (Å²) in [5, 5.41) is 0. The van der Waals surface area contributed by atoms with Crippen LogP contribution in [0.1, 0.15) is 32.1 Å². The Kier molecular flexibility index (Phi) is 2.02. The Morgan fingerprint density at radius 2 is 1.87 bits per heavy atom. The van der Waals surface area contributed by atoms with Gasteiger partial charge in [0.25, 0.3) is 0 Å². The second kappa shape index (κ2) is 3.27. The van der Waals surface area contributed by atoms with E-state index in [1.54, 1.807) is 0 Å². The smallest absolute Gasteiger partial charge is 0.226 e. The number of amides is 1. The zero-order valence-electron chi connectivity index (χ0n) is 8.98. The Bertz CT molecular complexity index is 316. The first-order valence-electron chi connectivity index (χ1n) is 6.02. The van der Waals surface area contributed by atoms with Gasteiger partial charge in [-0.2, -0.15) is 0 Å². The SMILES string of the molecule is C#CCN1C(=O)C2CC3CC(C2)CC1C3. The van der Waals surface area contributed by atoms with Crippen LogP contribution < -0.4 is 0 Å². The van der Waals surface area contributed by atoms with E-state index in [9.17, 15) is 4.79 Å². The fraction of sp³-hybridized carbons (Fsp3) is 0.769. The first-order chi connectivity index (χ1) is 7.28. The average Bonchev–Trinajstić information content (AvgIpc) is 2.35. The van der Waals surface area contributed by atoms with E-state index < -0.39 is 0 Å². The van der Waals surface area contributed by atoms with Crippen LogP contribution in [0.3, 0.4) is 0 Å². The molecule has 4 fully saturated rings. The molecule has 80 valence electrons. The van der Waals surface area contributed by atoms with Gasteiger partial charge in [0.05, 0.1) is 6.54 Å². The number of terminal acetylenes is 1. The molecule has 15 heavy (non-hydrogen) atoms. The summed E-state index contributed by atoms with van der Waals surface area (Å²) < 4.78 is 0. The van der Waals surface area contributed by atoms with Gasteiger partial charge in [-0.05, 0) is 43.9 Å². The lowest BCUT2D eigenvalue weighted by molar-refractivity contribution is -0.135. The van der Waals surface area contributed by atoms with Crippen LogP contribution in [0.4, 0.5) is 0 Å². The number of nitrogens with zero attached hydrogens (tertiary/aromatic N) is 1. The van der Waals surface area contributed by atoms with Gasteiger partial charge in [-0.3, -0.25) is 4.79 Å². The summed E-state index contributed by atoms with van der Waals surface area (Å²) in [6, 6.07) is 0.463. The zero-order valence-corrected chi connectivity index (χ0v) is 8.98. The Balaban J connectivity index is 1.93. The van der Waals surface area contributed by atoms with E-state index in [0.717, 1.165) is 24.7 Å². The lowest BCUT2D eigenvalue weighted by Gasteiger charge is -2.38. The minimum atomic E-state index is 0.301. The zero-order chi connectivity index (χ0) is 10.4. The highest BCUT2D eigenvalue weighted by Crippen LogP contribution is 2.47. The van der Waals surface area contributed by atoms with Crippen LogP contribution >= 0.6 is 0 Å². The van der Waals surface area contributed by atoms with Crippen molar-refractivity contribution < 1.29 is 4.79 Å². The number of hydrogen-bond acceptors (Lipinski definition) is 1. The normalized spacial score (nSPS) is 42.9. The molecule has 0 aromatic carbocycles. The van der Waals surface area contributed by atoms with Gasteiger partial charge in [0.2, 0.25) is 5.91 Å². The van der Waals surface area contributed by atoms with Crippen LogP contribution in [0.5, 0.6) is 0 Å². The summed E-state index contributed by atoms with van der Waals surface area (Å²) in [4.78, 5) is 14.2. The van der Waals surface area contributed by atoms with Crippen molar-refractivity contribution in [2.24, 2.45) is 17.8 Å². The van der Waals surface area contributed by atoms with Gasteiger partial charge in [-0.25, -0.2) is 0 Å². The molecule has 0 radical (unpaired) electrons. The number of hydrogen-bond donors (Lipinski definition) is 0. The molecule has 2 nitrogen and oxygen atoms in total. The Morgan fingerprint density at radius 1 is 1.20 bits per heavy atom. The van der Waals surface area contributed by atoms with Gasteiger partial charge >= 0.3 is 0 Å². The van der Waals surface area contributed by atoms with Crippen LogP contribution in [0.15, 0.2) is 0 Å². The van der Waals surface area contributed by atoms with Gasteiger partial charge in [0.1, 0.15) is 0 Å². The van der Waals surface area contributed by atoms with Crippen molar-refractivity contribution in [1.29, 1.82) is 0 Å². The number of fused-ring (bicyclic) bond motifs is 1. The predicted octanol–water partition coefficient (Wildman–Crippen LogP) is 1.66. The lowest BCUT2D eigenvalue weighted by atomic mass is 9.68. The largest absolute Gasteiger partial charge is 0.328 e. The molecule has 2 saturated carbocycles. The van der Waals surface area contributed by atoms with Gasteiger partial charge in [0.15, 0.2) is 0 Å². The molecule has 1 amide bonds. The maximum atomic E-state index is 12.2. The van der Waals surface area contributed by atoms with Gasteiger partial charge < -0.3 is 4.90 Å². The minimum absolute atomic E-state index is 0.301. The topological polar surface area (TPSA) is 20.3 Å². The van der Waals surface area contributed by atoms with Crippen molar-refractivity contribution in [1.82, 2.24) is 4.90 Å². The molecular formula is C13H17NO. The molecule has 2 atom stereocenters. The molecule has 2 heteroatoms. The molecule has 2 unspecified atom stereocenters. The van der Waals surface area contributed by atoms with Crippen LogP contribution in [0.25, 0.3) is 0 Å². The summed E-state index contributed by atoms with van der Waals surface area (Å²) in [6.45, 7) is 0.527. The van der Waals surface area contributed by atoms with Crippen molar-refractivity contribution in [3.8, 4) is 12.3 Å². The van der Waals surface area contributed by atoms with E-state index in [-0.39, 0.29) is 0 Å². The number of carbonyl (C=O) groups excluding carboxylic acids is 1. The highest BCUT2D eigenvalue weighted by molar-refractivity contribution is 5.80. The molecule has 4 aliphatic rings. The van der Waals surface area contributed by atoms with Crippen LogP contribution in [0, 0.1) is 30.1 Å². The molecule has 2 saturated heterocycles. The van der Waals surface area contributed by atoms with E-state index in [2.05, 4.69) is 5.92 Å². The summed E-state index contributed by atoms with van der Waals surface area (Å²) in [5.41, 5.74) is 0. The van der Waals surface area contributed by atoms with Crippen molar-refractivity contribution in [3.63, 3.8) is 0 Å². The molecule has 4 rings (SSSR count). The summed E-state index contributed by atoms with van der Waals surface area (Å²) in [7, 11) is 0. The van der Waals surface area contributed by atoms with E-state index in [1.807, 2.05) is 4.90 Å². The standard InChI is InChI=1S/C13H17NO/c1-2-3-14-12-7-9-4-10(8-12)6-11(5-9)13(14)15/h1,9-12H,3-8H2. The van der Waals surface area contributed by atoms with E-state index >= 15 is 0 Å². The van der Waals surface area contributed by atoms with E-state index in [4.69, 9.17) is 6.42 Å². The van der Waals surface area contributed by atoms with Gasteiger partial charge in [0, 0.05) is 12.0 Å². The van der Waals surface area contributed by atoms with E-state index in [0.29, 0.717) is 24.4 Å². The van der Waals surface area contributed by atoms with Crippen LogP contribution in [0.2, 0.25) is 0 Å². The molecule has 0 N–H and O–H groups in total. The van der Waals surface area contributed by atoms with Crippen molar-refractivity contribution in [3.05, 3.63) is 0 Å². The molecule has 4 bridgehead atoms. The molecular weight excluding hydrogens is 186 g/mol. The molecule has 2 heterocycles. The first-order valence-corrected chi connectivity index (χ1v) is 6.02. The highest BCUT2D eigenvalue weighted by atomic mass is 16.2. The first kappa shape index (κ1) is 9.27. The third kappa shape index (κ3) is 1.37. The van der Waals surface area contributed by atoms with Crippen molar-refractivity contribution in [2.75, 3.05) is 6.54 Å². The van der Waals surface area contributed by atoms with Crippen molar-refractivity contribution in [2.45, 2.75) is 38.1 Å². The highest BCUT2D eigenvalue weighted by Gasteiger charge is 2.46. The Hall–Kier alpha value is -0.970. The second-order valence-electron chi connectivity index (χ2n) is 5.43. The molecule has 0 spiro atoms. The third-order valence-electron chi connectivity index (χ3n) is 4.45. The summed E-state index contributed by atoms with van der Waals surface area (Å²) in [6.07, 6.45) is 11.4. The molecule has 2 aliphatic heterocycles. The van der Waals surface area contributed by atoms with Crippen LogP contribution in [-0.4, -0.2) is 23.4 Å². The maximum Gasteiger partial charge on any atom is 0.226 e. The Morgan fingerprint density at radius 3 is 2.47 bits per heavy atom. The molecule has 2 aliphatic carbocycles. The fourth-order valence-electron chi connectivity index (χ4n) is 3.99. The maximum absolute atomic E-state index is 12.2. The van der Waals surface area contributed by atoms with Gasteiger partial charge in [-0.15, -0.1) is 6.42 Å². The predicted molar refractivity (Wildman–Crippen MR) is 57.9 cm³/mol. The Labute approximate surface area is 91.0 Å². The lowest BCUT2D eigenvalue weighted by Crippen LogP contribution is -2.41. The number of rotatable bonds is 1. The number of carbonyl (C=O) groups is 1. The fourth-order valence-corrected chi connectivity index (χ4v) is 3.99. The quantitative estimate of drug-likeness (QED) is 0.593. The summed E-state index contributed by atoms with van der Waals surface area (Å²) in [5.74, 6) is 4.90. The summed E-state index contributed by atoms with van der Waals surface area (Å²) >= 11 is 0. The minimum Gasteiger partial charge on any atom is -0.328 e. The van der Waals surface area contributed by atoms with E-state index in [1.165, 1.54) is 19.3 Å². The monoisotopic (exact) mass is 203 g/mol. The van der Waals surface area contributed by atoms with Crippen molar-refractivity contribution >= 4 is 5.91 Å². The second-order valence-corrected chi connectivity index (χ2v) is 5.43.